The lowest BCUT2D eigenvalue weighted by Gasteiger charge is -2.21. The van der Waals surface area contributed by atoms with Crippen LogP contribution in [0.3, 0.4) is 0 Å². The number of rotatable bonds is 6. The summed E-state index contributed by atoms with van der Waals surface area (Å²) in [6, 6.07) is 11.2. The number of nitrogens with one attached hydrogen (secondary N) is 1. The van der Waals surface area contributed by atoms with E-state index in [0.29, 0.717) is 28.8 Å². The number of aromatic nitrogens is 2. The summed E-state index contributed by atoms with van der Waals surface area (Å²) in [5.41, 5.74) is 2.47. The molecule has 0 bridgehead atoms. The molecule has 1 saturated carbocycles. The SMILES string of the molecule is O=C(Nc1c(Cl)cncc1Cl)c1cccc2c1c1cc(Cl)ccc1n2OCCC1CCCCC1. The van der Waals surface area contributed by atoms with E-state index in [1.54, 1.807) is 6.07 Å². The van der Waals surface area contributed by atoms with Crippen LogP contribution in [0.5, 0.6) is 0 Å². The number of pyridine rings is 1. The highest BCUT2D eigenvalue weighted by atomic mass is 35.5. The monoisotopic (exact) mass is 515 g/mol. The molecule has 1 amide bonds. The van der Waals surface area contributed by atoms with Gasteiger partial charge >= 0.3 is 0 Å². The molecule has 8 heteroatoms. The molecule has 1 aliphatic carbocycles. The van der Waals surface area contributed by atoms with E-state index in [0.717, 1.165) is 28.2 Å². The van der Waals surface area contributed by atoms with Crippen LogP contribution in [0.1, 0.15) is 48.9 Å². The summed E-state index contributed by atoms with van der Waals surface area (Å²) in [7, 11) is 0. The van der Waals surface area contributed by atoms with Crippen LogP contribution in [-0.4, -0.2) is 22.2 Å². The Morgan fingerprint density at radius 1 is 1.03 bits per heavy atom. The summed E-state index contributed by atoms with van der Waals surface area (Å²) in [5, 5.41) is 5.57. The Bertz CT molecular complexity index is 1340. The van der Waals surface area contributed by atoms with Crippen molar-refractivity contribution in [2.75, 3.05) is 11.9 Å². The number of benzene rings is 2. The lowest BCUT2D eigenvalue weighted by Crippen LogP contribution is -2.17. The predicted octanol–water partition coefficient (Wildman–Crippen LogP) is 7.80. The van der Waals surface area contributed by atoms with Gasteiger partial charge in [-0.1, -0.05) is 73.0 Å². The van der Waals surface area contributed by atoms with E-state index in [2.05, 4.69) is 10.3 Å². The van der Waals surface area contributed by atoms with Crippen LogP contribution in [0.15, 0.2) is 48.8 Å². The van der Waals surface area contributed by atoms with Crippen LogP contribution in [0.2, 0.25) is 15.1 Å². The predicted molar refractivity (Wildman–Crippen MR) is 139 cm³/mol. The van der Waals surface area contributed by atoms with E-state index in [1.165, 1.54) is 44.5 Å². The first-order valence-corrected chi connectivity index (χ1v) is 12.6. The van der Waals surface area contributed by atoms with Gasteiger partial charge in [-0.25, -0.2) is 0 Å². The summed E-state index contributed by atoms with van der Waals surface area (Å²) in [6.45, 7) is 0.616. The average Bonchev–Trinajstić information content (AvgIpc) is 3.15. The number of carbonyl (C=O) groups is 1. The largest absolute Gasteiger partial charge is 0.413 e. The first-order valence-electron chi connectivity index (χ1n) is 11.5. The first-order chi connectivity index (χ1) is 16.5. The molecule has 2 heterocycles. The molecule has 5 rings (SSSR count). The molecule has 176 valence electrons. The maximum atomic E-state index is 13.4. The summed E-state index contributed by atoms with van der Waals surface area (Å²) in [4.78, 5) is 23.6. The Labute approximate surface area is 212 Å². The molecule has 5 nitrogen and oxygen atoms in total. The minimum Gasteiger partial charge on any atom is -0.413 e. The van der Waals surface area contributed by atoms with Crippen molar-refractivity contribution >= 4 is 68.2 Å². The third-order valence-electron chi connectivity index (χ3n) is 6.52. The van der Waals surface area contributed by atoms with E-state index < -0.39 is 0 Å². The second kappa shape index (κ2) is 10.0. The van der Waals surface area contributed by atoms with Crippen LogP contribution in [-0.2, 0) is 0 Å². The van der Waals surface area contributed by atoms with Gasteiger partial charge in [0.25, 0.3) is 5.91 Å². The molecule has 2 aromatic carbocycles. The fraction of sp³-hybridized carbons (Fsp3) is 0.308. The number of amides is 1. The van der Waals surface area contributed by atoms with Crippen molar-refractivity contribution in [2.24, 2.45) is 5.92 Å². The zero-order chi connectivity index (χ0) is 23.7. The first kappa shape index (κ1) is 23.3. The maximum absolute atomic E-state index is 13.4. The Hall–Kier alpha value is -2.47. The molecule has 0 atom stereocenters. The Morgan fingerprint density at radius 2 is 1.79 bits per heavy atom. The summed E-state index contributed by atoms with van der Waals surface area (Å²) in [6.07, 6.45) is 10.4. The molecule has 1 aliphatic rings. The Kier molecular flexibility index (Phi) is 6.87. The van der Waals surface area contributed by atoms with Crippen LogP contribution in [0.4, 0.5) is 5.69 Å². The minimum atomic E-state index is -0.332. The van der Waals surface area contributed by atoms with Gasteiger partial charge in [-0.3, -0.25) is 9.78 Å². The molecule has 1 N–H and O–H groups in total. The van der Waals surface area contributed by atoms with Gasteiger partial charge in [0, 0.05) is 33.8 Å². The quantitative estimate of drug-likeness (QED) is 0.284. The summed E-state index contributed by atoms with van der Waals surface area (Å²) in [5.74, 6) is 0.384. The van der Waals surface area contributed by atoms with Crippen LogP contribution >= 0.6 is 34.8 Å². The van der Waals surface area contributed by atoms with Gasteiger partial charge in [-0.2, -0.15) is 4.73 Å². The lowest BCUT2D eigenvalue weighted by atomic mass is 9.87. The number of halogens is 3. The standard InChI is InChI=1S/C26H24Cl3N3O2/c27-17-9-10-22-19(13-17)24-18(26(33)31-25-20(28)14-30-15-21(25)29)7-4-8-23(24)32(22)34-12-11-16-5-2-1-3-6-16/h4,7-10,13-16H,1-3,5-6,11-12H2,(H,30,31,33). The van der Waals surface area contributed by atoms with Gasteiger partial charge in [0.05, 0.1) is 26.8 Å². The fourth-order valence-electron chi connectivity index (χ4n) is 4.83. The minimum absolute atomic E-state index is 0.268. The van der Waals surface area contributed by atoms with Gasteiger partial charge < -0.3 is 10.2 Å². The maximum Gasteiger partial charge on any atom is 0.256 e. The third-order valence-corrected chi connectivity index (χ3v) is 7.32. The number of hydrogen-bond acceptors (Lipinski definition) is 3. The zero-order valence-electron chi connectivity index (χ0n) is 18.5. The molecule has 0 spiro atoms. The lowest BCUT2D eigenvalue weighted by molar-refractivity contribution is 0.102. The van der Waals surface area contributed by atoms with E-state index in [-0.39, 0.29) is 16.0 Å². The van der Waals surface area contributed by atoms with Gasteiger partial charge in [-0.05, 0) is 42.7 Å². The van der Waals surface area contributed by atoms with E-state index in [1.807, 2.05) is 35.1 Å². The molecule has 0 aliphatic heterocycles. The van der Waals surface area contributed by atoms with Gasteiger partial charge in [0.1, 0.15) is 6.61 Å². The van der Waals surface area contributed by atoms with Crippen LogP contribution in [0, 0.1) is 5.92 Å². The highest BCUT2D eigenvalue weighted by Gasteiger charge is 2.21. The van der Waals surface area contributed by atoms with Crippen molar-refractivity contribution < 1.29 is 9.63 Å². The molecular weight excluding hydrogens is 493 g/mol. The van der Waals surface area contributed by atoms with Crippen LogP contribution < -0.4 is 10.2 Å². The highest BCUT2D eigenvalue weighted by molar-refractivity contribution is 6.40. The second-order valence-corrected chi connectivity index (χ2v) is 9.96. The van der Waals surface area contributed by atoms with Crippen molar-refractivity contribution in [3.05, 3.63) is 69.4 Å². The van der Waals surface area contributed by atoms with Crippen molar-refractivity contribution in [1.29, 1.82) is 0 Å². The van der Waals surface area contributed by atoms with Crippen molar-refractivity contribution in [1.82, 2.24) is 9.71 Å². The summed E-state index contributed by atoms with van der Waals surface area (Å²) < 4.78 is 1.83. The molecule has 2 aromatic heterocycles. The average molecular weight is 517 g/mol. The molecule has 34 heavy (non-hydrogen) atoms. The molecule has 0 radical (unpaired) electrons. The van der Waals surface area contributed by atoms with Crippen molar-refractivity contribution in [3.8, 4) is 0 Å². The Morgan fingerprint density at radius 3 is 2.56 bits per heavy atom. The van der Waals surface area contributed by atoms with Gasteiger partial charge in [-0.15, -0.1) is 0 Å². The number of nitrogens with zero attached hydrogens (tertiary/aromatic N) is 2. The molecule has 4 aromatic rings. The number of carbonyl (C=O) groups excluding carboxylic acids is 1. The van der Waals surface area contributed by atoms with Crippen LogP contribution in [0.25, 0.3) is 21.8 Å². The molecular formula is C26H24Cl3N3O2. The zero-order valence-corrected chi connectivity index (χ0v) is 20.8. The van der Waals surface area contributed by atoms with E-state index >= 15 is 0 Å². The molecule has 0 saturated heterocycles. The van der Waals surface area contributed by atoms with Crippen molar-refractivity contribution in [3.63, 3.8) is 0 Å². The number of fused-ring (bicyclic) bond motifs is 3. The molecule has 1 fully saturated rings. The topological polar surface area (TPSA) is 56.2 Å². The summed E-state index contributed by atoms with van der Waals surface area (Å²) >= 11 is 18.8. The van der Waals surface area contributed by atoms with Gasteiger partial charge in [0.15, 0.2) is 0 Å². The van der Waals surface area contributed by atoms with E-state index in [9.17, 15) is 4.79 Å². The van der Waals surface area contributed by atoms with Gasteiger partial charge in [0.2, 0.25) is 0 Å². The fourth-order valence-corrected chi connectivity index (χ4v) is 5.47. The molecule has 0 unspecified atom stereocenters. The normalized spacial score (nSPS) is 14.6. The van der Waals surface area contributed by atoms with E-state index in [4.69, 9.17) is 39.6 Å². The van der Waals surface area contributed by atoms with Crippen molar-refractivity contribution in [2.45, 2.75) is 38.5 Å². The number of anilines is 1. The third kappa shape index (κ3) is 4.57. The number of hydrogen-bond donors (Lipinski definition) is 1. The Balaban J connectivity index is 1.52. The highest BCUT2D eigenvalue weighted by Crippen LogP contribution is 2.35. The smallest absolute Gasteiger partial charge is 0.256 e. The second-order valence-electron chi connectivity index (χ2n) is 8.71.